The summed E-state index contributed by atoms with van der Waals surface area (Å²) in [6, 6.07) is 0.403. The third-order valence-electron chi connectivity index (χ3n) is 6.83. The molecule has 29 heavy (non-hydrogen) atoms. The Hall–Kier alpha value is -2.92. The maximum atomic E-state index is 3.80. The molecule has 1 N–H and O–H groups in total. The van der Waals surface area contributed by atoms with Gasteiger partial charge in [-0.1, -0.05) is 54.8 Å². The van der Waals surface area contributed by atoms with Crippen LogP contribution in [0.4, 0.5) is 0 Å². The summed E-state index contributed by atoms with van der Waals surface area (Å²) in [5, 5.41) is 0. The smallest absolute Gasteiger partial charge is 0.0727 e. The lowest BCUT2D eigenvalue weighted by Gasteiger charge is -2.39. The van der Waals surface area contributed by atoms with Gasteiger partial charge in [0.2, 0.25) is 0 Å². The van der Waals surface area contributed by atoms with E-state index in [0.29, 0.717) is 12.0 Å². The van der Waals surface area contributed by atoms with Crippen LogP contribution in [0.3, 0.4) is 0 Å². The predicted molar refractivity (Wildman–Crippen MR) is 120 cm³/mol. The van der Waals surface area contributed by atoms with E-state index in [2.05, 4.69) is 70.8 Å². The Bertz CT molecular complexity index is 1150. The van der Waals surface area contributed by atoms with Crippen molar-refractivity contribution >= 4 is 17.2 Å². The first kappa shape index (κ1) is 17.0. The van der Waals surface area contributed by atoms with Crippen LogP contribution < -0.4 is 0 Å². The number of allylic oxidation sites excluding steroid dienone is 9. The molecule has 2 heterocycles. The Morgan fingerprint density at radius 2 is 2.00 bits per heavy atom. The van der Waals surface area contributed by atoms with Gasteiger partial charge >= 0.3 is 0 Å². The van der Waals surface area contributed by atoms with Crippen molar-refractivity contribution in [3.63, 3.8) is 0 Å². The van der Waals surface area contributed by atoms with Crippen molar-refractivity contribution in [2.24, 2.45) is 5.92 Å². The normalized spacial score (nSPS) is 26.4. The van der Waals surface area contributed by atoms with Crippen LogP contribution >= 0.6 is 0 Å². The van der Waals surface area contributed by atoms with E-state index >= 15 is 0 Å². The molecule has 0 amide bonds. The van der Waals surface area contributed by atoms with E-state index in [1.165, 1.54) is 57.9 Å². The van der Waals surface area contributed by atoms with Crippen molar-refractivity contribution in [2.75, 3.05) is 0 Å². The third kappa shape index (κ3) is 2.57. The second-order valence-corrected chi connectivity index (χ2v) is 8.81. The quantitative estimate of drug-likeness (QED) is 0.449. The van der Waals surface area contributed by atoms with Crippen LogP contribution in [0.15, 0.2) is 65.4 Å². The van der Waals surface area contributed by atoms with Gasteiger partial charge in [-0.25, -0.2) is 0 Å². The first-order valence-electron chi connectivity index (χ1n) is 11.0. The van der Waals surface area contributed by atoms with Crippen LogP contribution in [0, 0.1) is 5.92 Å². The molecule has 1 aromatic rings. The van der Waals surface area contributed by atoms with E-state index in [0.717, 1.165) is 25.7 Å². The van der Waals surface area contributed by atoms with Crippen molar-refractivity contribution in [3.05, 3.63) is 87.9 Å². The fourth-order valence-corrected chi connectivity index (χ4v) is 5.52. The maximum absolute atomic E-state index is 3.80. The molecule has 0 saturated heterocycles. The van der Waals surface area contributed by atoms with Crippen molar-refractivity contribution in [1.29, 1.82) is 0 Å². The first-order valence-corrected chi connectivity index (χ1v) is 11.0. The molecule has 2 unspecified atom stereocenters. The van der Waals surface area contributed by atoms with E-state index < -0.39 is 0 Å². The lowest BCUT2D eigenvalue weighted by molar-refractivity contribution is 0.301. The van der Waals surface area contributed by atoms with Gasteiger partial charge in [0.15, 0.2) is 0 Å². The van der Waals surface area contributed by atoms with Crippen LogP contribution in [0.25, 0.3) is 17.2 Å². The Kier molecular flexibility index (Phi) is 3.84. The number of aromatic nitrogens is 1. The van der Waals surface area contributed by atoms with Crippen molar-refractivity contribution < 1.29 is 0 Å². The van der Waals surface area contributed by atoms with Gasteiger partial charge in [0.25, 0.3) is 0 Å². The summed E-state index contributed by atoms with van der Waals surface area (Å²) in [5.74, 6) is 0.715. The summed E-state index contributed by atoms with van der Waals surface area (Å²) in [5.41, 5.74) is 17.4. The van der Waals surface area contributed by atoms with E-state index in [4.69, 9.17) is 0 Å². The summed E-state index contributed by atoms with van der Waals surface area (Å²) < 4.78 is 0. The third-order valence-corrected chi connectivity index (χ3v) is 6.83. The van der Waals surface area contributed by atoms with Crippen LogP contribution in [0.5, 0.6) is 0 Å². The van der Waals surface area contributed by atoms with Crippen LogP contribution in [0.2, 0.25) is 0 Å². The molecular weight excluding hydrogens is 352 g/mol. The molecule has 0 bridgehead atoms. The first-order chi connectivity index (χ1) is 14.3. The number of hydrogen-bond donors (Lipinski definition) is 1. The summed E-state index contributed by atoms with van der Waals surface area (Å²) in [4.78, 5) is 6.42. The highest BCUT2D eigenvalue weighted by Crippen LogP contribution is 2.47. The second kappa shape index (κ2) is 6.56. The van der Waals surface area contributed by atoms with Gasteiger partial charge in [0.05, 0.1) is 23.0 Å². The number of nitrogens with one attached hydrogen (secondary N) is 1. The Morgan fingerprint density at radius 3 is 2.93 bits per heavy atom. The minimum Gasteiger partial charge on any atom is -0.357 e. The monoisotopic (exact) mass is 378 g/mol. The number of H-pyrrole nitrogens is 1. The summed E-state index contributed by atoms with van der Waals surface area (Å²) in [6.07, 6.45) is 25.2. The maximum Gasteiger partial charge on any atom is 0.0727 e. The highest BCUT2D eigenvalue weighted by atomic mass is 15.2. The van der Waals surface area contributed by atoms with Gasteiger partial charge in [-0.05, 0) is 56.6 Å². The van der Waals surface area contributed by atoms with E-state index in [-0.39, 0.29) is 0 Å². The fourth-order valence-electron chi connectivity index (χ4n) is 5.52. The molecule has 2 nitrogen and oxygen atoms in total. The molecule has 0 spiro atoms. The summed E-state index contributed by atoms with van der Waals surface area (Å²) >= 11 is 0. The molecule has 0 saturated carbocycles. The molecule has 2 heteroatoms. The van der Waals surface area contributed by atoms with E-state index in [1.54, 1.807) is 0 Å². The molecule has 0 radical (unpaired) electrons. The molecule has 1 aliphatic heterocycles. The molecular formula is C27H26N2. The SMILES string of the molecule is CC1CC=CC(N2C3=CC=C=C=C3c3[nH]c4c(c3C3=C2CCC=C3)C=CCC4)C1. The average molecular weight is 379 g/mol. The highest BCUT2D eigenvalue weighted by Gasteiger charge is 2.36. The van der Waals surface area contributed by atoms with Crippen LogP contribution in [-0.2, 0) is 6.42 Å². The zero-order chi connectivity index (χ0) is 19.4. The number of hydrogen-bond acceptors (Lipinski definition) is 1. The number of rotatable bonds is 1. The number of fused-ring (bicyclic) bond motifs is 6. The van der Waals surface area contributed by atoms with Gasteiger partial charge in [0.1, 0.15) is 0 Å². The summed E-state index contributed by atoms with van der Waals surface area (Å²) in [6.45, 7) is 2.37. The number of nitrogens with zero attached hydrogens (tertiary/aromatic N) is 1. The number of aryl methyl sites for hydroxylation is 1. The minimum atomic E-state index is 0.403. The zero-order valence-electron chi connectivity index (χ0n) is 17.0. The van der Waals surface area contributed by atoms with Gasteiger partial charge in [-0.2, -0.15) is 0 Å². The second-order valence-electron chi connectivity index (χ2n) is 8.81. The van der Waals surface area contributed by atoms with Crippen molar-refractivity contribution in [2.45, 2.75) is 51.5 Å². The summed E-state index contributed by atoms with van der Waals surface area (Å²) in [7, 11) is 0. The van der Waals surface area contributed by atoms with Crippen molar-refractivity contribution in [3.8, 4) is 0 Å². The molecule has 5 aliphatic rings. The average Bonchev–Trinajstić information content (AvgIpc) is 3.09. The largest absolute Gasteiger partial charge is 0.357 e. The molecule has 0 aromatic carbocycles. The van der Waals surface area contributed by atoms with Gasteiger partial charge in [0, 0.05) is 28.1 Å². The lowest BCUT2D eigenvalue weighted by Crippen LogP contribution is -2.36. The van der Waals surface area contributed by atoms with Gasteiger partial charge in [-0.15, -0.1) is 0 Å². The van der Waals surface area contributed by atoms with Gasteiger partial charge in [-0.3, -0.25) is 0 Å². The zero-order valence-corrected chi connectivity index (χ0v) is 17.0. The Morgan fingerprint density at radius 1 is 1.10 bits per heavy atom. The Labute approximate surface area is 172 Å². The topological polar surface area (TPSA) is 19.0 Å². The molecule has 0 fully saturated rings. The van der Waals surface area contributed by atoms with Crippen LogP contribution in [-0.4, -0.2) is 15.9 Å². The molecule has 144 valence electrons. The molecule has 1 aromatic heterocycles. The van der Waals surface area contributed by atoms with Crippen molar-refractivity contribution in [1.82, 2.24) is 9.88 Å². The molecule has 6 rings (SSSR count). The number of aromatic amines is 1. The fraction of sp³-hybridized carbons (Fsp3) is 0.333. The van der Waals surface area contributed by atoms with Crippen LogP contribution in [0.1, 0.15) is 61.5 Å². The minimum absolute atomic E-state index is 0.403. The lowest BCUT2D eigenvalue weighted by atomic mass is 9.88. The highest BCUT2D eigenvalue weighted by molar-refractivity contribution is 5.96. The Balaban J connectivity index is 1.65. The standard InChI is InChI=1S/C27H26N2/c1-18-9-8-10-19(17-18)29-24-15-6-3-12-21(24)26-20-11-2-5-14-23(20)28-27(26)22-13-4-7-16-25(22)29/h2-3,7-8,10-12,16,18-19,28H,5-6,9,14-15,17H2,1H3. The molecule has 4 aliphatic carbocycles. The predicted octanol–water partition coefficient (Wildman–Crippen LogP) is 6.30. The van der Waals surface area contributed by atoms with E-state index in [1.807, 2.05) is 6.08 Å². The molecule has 2 atom stereocenters. The van der Waals surface area contributed by atoms with Gasteiger partial charge < -0.3 is 9.88 Å². The van der Waals surface area contributed by atoms with E-state index in [9.17, 15) is 0 Å².